The van der Waals surface area contributed by atoms with Crippen molar-refractivity contribution >= 4 is 17.2 Å². The van der Waals surface area contributed by atoms with Crippen LogP contribution in [0.15, 0.2) is 16.8 Å². The highest BCUT2D eigenvalue weighted by atomic mass is 32.1. The van der Waals surface area contributed by atoms with Crippen molar-refractivity contribution < 1.29 is 4.79 Å². The number of nitrogens with one attached hydrogen (secondary N) is 2. The minimum absolute atomic E-state index is 0.0109. The quantitative estimate of drug-likeness (QED) is 0.726. The smallest absolute Gasteiger partial charge is 0.252 e. The average Bonchev–Trinajstić information content (AvgIpc) is 2.64. The van der Waals surface area contributed by atoms with Gasteiger partial charge in [-0.05, 0) is 11.4 Å². The van der Waals surface area contributed by atoms with Gasteiger partial charge in [-0.1, -0.05) is 13.8 Å². The van der Waals surface area contributed by atoms with Gasteiger partial charge in [0.25, 0.3) is 5.91 Å². The summed E-state index contributed by atoms with van der Waals surface area (Å²) in [6.45, 7) is 5.65. The molecule has 0 aliphatic carbocycles. The summed E-state index contributed by atoms with van der Waals surface area (Å²) in [7, 11) is 0. The lowest BCUT2D eigenvalue weighted by atomic mass is 10.3. The molecule has 78 valence electrons. The fourth-order valence-electron chi connectivity index (χ4n) is 1.03. The zero-order valence-corrected chi connectivity index (χ0v) is 9.36. The van der Waals surface area contributed by atoms with Crippen molar-refractivity contribution in [3.63, 3.8) is 0 Å². The third-order valence-electron chi connectivity index (χ3n) is 1.75. The average molecular weight is 212 g/mol. The molecular weight excluding hydrogens is 196 g/mol. The molecule has 0 aliphatic heterocycles. The molecule has 14 heavy (non-hydrogen) atoms. The molecule has 0 spiro atoms. The van der Waals surface area contributed by atoms with Crippen molar-refractivity contribution in [2.24, 2.45) is 0 Å². The van der Waals surface area contributed by atoms with Crippen LogP contribution in [-0.2, 0) is 0 Å². The van der Waals surface area contributed by atoms with Gasteiger partial charge >= 0.3 is 0 Å². The highest BCUT2D eigenvalue weighted by Crippen LogP contribution is 2.04. The zero-order valence-electron chi connectivity index (χ0n) is 8.54. The lowest BCUT2D eigenvalue weighted by molar-refractivity contribution is 0.0954. The van der Waals surface area contributed by atoms with E-state index >= 15 is 0 Å². The van der Waals surface area contributed by atoms with Gasteiger partial charge in [-0.3, -0.25) is 4.79 Å². The molecule has 0 saturated carbocycles. The van der Waals surface area contributed by atoms with E-state index in [-0.39, 0.29) is 5.91 Å². The van der Waals surface area contributed by atoms with E-state index in [1.807, 2.05) is 16.8 Å². The minimum Gasteiger partial charge on any atom is -0.351 e. The number of amides is 1. The second-order valence-corrected chi connectivity index (χ2v) is 4.16. The van der Waals surface area contributed by atoms with Crippen LogP contribution in [0.3, 0.4) is 0 Å². The largest absolute Gasteiger partial charge is 0.351 e. The molecule has 1 aromatic rings. The van der Waals surface area contributed by atoms with Gasteiger partial charge in [0.2, 0.25) is 0 Å². The molecule has 0 aromatic carbocycles. The molecule has 1 amide bonds. The van der Waals surface area contributed by atoms with Crippen molar-refractivity contribution in [2.75, 3.05) is 13.1 Å². The van der Waals surface area contributed by atoms with Crippen LogP contribution in [0.1, 0.15) is 24.2 Å². The predicted octanol–water partition coefficient (Wildman–Crippen LogP) is 1.48. The third kappa shape index (κ3) is 3.89. The Balaban J connectivity index is 2.16. The van der Waals surface area contributed by atoms with Crippen LogP contribution in [0, 0.1) is 0 Å². The Morgan fingerprint density at radius 1 is 1.50 bits per heavy atom. The molecule has 1 aromatic heterocycles. The van der Waals surface area contributed by atoms with Gasteiger partial charge in [-0.15, -0.1) is 0 Å². The Bertz CT molecular complexity index is 270. The van der Waals surface area contributed by atoms with Crippen molar-refractivity contribution in [3.05, 3.63) is 22.4 Å². The molecular formula is C10H16N2OS. The number of carbonyl (C=O) groups is 1. The van der Waals surface area contributed by atoms with E-state index < -0.39 is 0 Å². The van der Waals surface area contributed by atoms with Crippen LogP contribution in [0.25, 0.3) is 0 Å². The van der Waals surface area contributed by atoms with Gasteiger partial charge in [0, 0.05) is 30.1 Å². The van der Waals surface area contributed by atoms with E-state index in [2.05, 4.69) is 24.5 Å². The molecule has 0 radical (unpaired) electrons. The highest BCUT2D eigenvalue weighted by Gasteiger charge is 2.03. The van der Waals surface area contributed by atoms with E-state index in [1.165, 1.54) is 11.3 Å². The van der Waals surface area contributed by atoms with E-state index in [0.717, 1.165) is 12.1 Å². The minimum atomic E-state index is 0.0109. The third-order valence-corrected chi connectivity index (χ3v) is 2.43. The molecule has 1 rings (SSSR count). The monoisotopic (exact) mass is 212 g/mol. The summed E-state index contributed by atoms with van der Waals surface area (Å²) in [6, 6.07) is 2.30. The molecule has 0 bridgehead atoms. The standard InChI is InChI=1S/C10H16N2OS/c1-8(2)11-4-5-12-10(13)9-3-6-14-7-9/h3,6-8,11H,4-5H2,1-2H3,(H,12,13). The van der Waals surface area contributed by atoms with Gasteiger partial charge in [-0.25, -0.2) is 0 Å². The normalized spacial score (nSPS) is 10.5. The molecule has 0 aliphatic rings. The van der Waals surface area contributed by atoms with Crippen molar-refractivity contribution in [1.82, 2.24) is 10.6 Å². The van der Waals surface area contributed by atoms with Crippen molar-refractivity contribution in [3.8, 4) is 0 Å². The van der Waals surface area contributed by atoms with E-state index in [0.29, 0.717) is 12.6 Å². The summed E-state index contributed by atoms with van der Waals surface area (Å²) in [5.41, 5.74) is 0.750. The Labute approximate surface area is 88.5 Å². The second kappa shape index (κ2) is 5.78. The molecule has 2 N–H and O–H groups in total. The number of thiophene rings is 1. The first kappa shape index (κ1) is 11.2. The van der Waals surface area contributed by atoms with Gasteiger partial charge in [0.15, 0.2) is 0 Å². The maximum absolute atomic E-state index is 11.4. The van der Waals surface area contributed by atoms with E-state index in [9.17, 15) is 4.79 Å². The predicted molar refractivity (Wildman–Crippen MR) is 59.8 cm³/mol. The van der Waals surface area contributed by atoms with Gasteiger partial charge in [0.05, 0.1) is 0 Å². The topological polar surface area (TPSA) is 41.1 Å². The SMILES string of the molecule is CC(C)NCCNC(=O)c1ccsc1. The van der Waals surface area contributed by atoms with Crippen LogP contribution in [0.5, 0.6) is 0 Å². The summed E-state index contributed by atoms with van der Waals surface area (Å²) < 4.78 is 0. The molecule has 3 nitrogen and oxygen atoms in total. The fraction of sp³-hybridized carbons (Fsp3) is 0.500. The van der Waals surface area contributed by atoms with Gasteiger partial charge in [-0.2, -0.15) is 11.3 Å². The summed E-state index contributed by atoms with van der Waals surface area (Å²) in [5, 5.41) is 9.84. The van der Waals surface area contributed by atoms with Crippen molar-refractivity contribution in [2.45, 2.75) is 19.9 Å². The number of rotatable bonds is 5. The number of carbonyl (C=O) groups excluding carboxylic acids is 1. The van der Waals surface area contributed by atoms with Crippen LogP contribution in [-0.4, -0.2) is 25.0 Å². The van der Waals surface area contributed by atoms with Crippen LogP contribution >= 0.6 is 11.3 Å². The first-order valence-corrected chi connectivity index (χ1v) is 5.68. The van der Waals surface area contributed by atoms with Gasteiger partial charge < -0.3 is 10.6 Å². The maximum atomic E-state index is 11.4. The zero-order chi connectivity index (χ0) is 10.4. The lowest BCUT2D eigenvalue weighted by Gasteiger charge is -2.08. The molecule has 0 atom stereocenters. The first-order valence-electron chi connectivity index (χ1n) is 4.74. The molecule has 0 fully saturated rings. The maximum Gasteiger partial charge on any atom is 0.252 e. The molecule has 0 unspecified atom stereocenters. The summed E-state index contributed by atoms with van der Waals surface area (Å²) in [4.78, 5) is 11.4. The van der Waals surface area contributed by atoms with Crippen LogP contribution < -0.4 is 10.6 Å². The first-order chi connectivity index (χ1) is 6.70. The van der Waals surface area contributed by atoms with Crippen LogP contribution in [0.4, 0.5) is 0 Å². The highest BCUT2D eigenvalue weighted by molar-refractivity contribution is 7.08. The molecule has 0 saturated heterocycles. The Kier molecular flexibility index (Phi) is 4.62. The summed E-state index contributed by atoms with van der Waals surface area (Å²) >= 11 is 1.54. The Morgan fingerprint density at radius 3 is 2.86 bits per heavy atom. The van der Waals surface area contributed by atoms with Gasteiger partial charge in [0.1, 0.15) is 0 Å². The van der Waals surface area contributed by atoms with E-state index in [1.54, 1.807) is 0 Å². The fourth-order valence-corrected chi connectivity index (χ4v) is 1.67. The lowest BCUT2D eigenvalue weighted by Crippen LogP contribution is -2.34. The Morgan fingerprint density at radius 2 is 2.29 bits per heavy atom. The molecule has 1 heterocycles. The second-order valence-electron chi connectivity index (χ2n) is 3.38. The van der Waals surface area contributed by atoms with E-state index in [4.69, 9.17) is 0 Å². The Hall–Kier alpha value is -0.870. The molecule has 4 heteroatoms. The summed E-state index contributed by atoms with van der Waals surface area (Å²) in [5.74, 6) is 0.0109. The number of hydrogen-bond donors (Lipinski definition) is 2. The summed E-state index contributed by atoms with van der Waals surface area (Å²) in [6.07, 6.45) is 0. The number of hydrogen-bond acceptors (Lipinski definition) is 3. The van der Waals surface area contributed by atoms with Crippen molar-refractivity contribution in [1.29, 1.82) is 0 Å². The van der Waals surface area contributed by atoms with Crippen LogP contribution in [0.2, 0.25) is 0 Å².